The maximum atomic E-state index is 12.7. The van der Waals surface area contributed by atoms with E-state index in [-0.39, 0.29) is 5.82 Å². The molecule has 4 nitrogen and oxygen atoms in total. The van der Waals surface area contributed by atoms with Crippen molar-refractivity contribution >= 4 is 17.5 Å². The molecule has 0 spiro atoms. The van der Waals surface area contributed by atoms with E-state index in [0.29, 0.717) is 12.2 Å². The van der Waals surface area contributed by atoms with E-state index in [2.05, 4.69) is 5.32 Å². The van der Waals surface area contributed by atoms with E-state index in [1.54, 1.807) is 7.05 Å². The fourth-order valence-electron chi connectivity index (χ4n) is 1.39. The van der Waals surface area contributed by atoms with Crippen molar-refractivity contribution in [2.75, 3.05) is 18.9 Å². The zero-order valence-electron chi connectivity index (χ0n) is 10.6. The Morgan fingerprint density at radius 1 is 1.28 bits per heavy atom. The molecule has 98 valence electrons. The molecule has 5 heteroatoms. The predicted octanol–water partition coefficient (Wildman–Crippen LogP) is 2.02. The topological polar surface area (TPSA) is 49.4 Å². The number of amides is 2. The van der Waals surface area contributed by atoms with E-state index >= 15 is 0 Å². The van der Waals surface area contributed by atoms with Crippen molar-refractivity contribution in [3.63, 3.8) is 0 Å². The van der Waals surface area contributed by atoms with Crippen LogP contribution in [-0.2, 0) is 9.59 Å². The molecule has 0 aliphatic carbocycles. The summed E-state index contributed by atoms with van der Waals surface area (Å²) in [4.78, 5) is 24.6. The molecule has 0 bridgehead atoms. The van der Waals surface area contributed by atoms with Crippen molar-refractivity contribution in [1.82, 2.24) is 4.90 Å². The summed E-state index contributed by atoms with van der Waals surface area (Å²) in [6.07, 6.45) is 1.81. The number of anilines is 1. The molecule has 0 atom stereocenters. The number of hydrogen-bond donors (Lipinski definition) is 1. The van der Waals surface area contributed by atoms with Gasteiger partial charge in [0.2, 0.25) is 0 Å². The van der Waals surface area contributed by atoms with E-state index < -0.39 is 11.8 Å². The third kappa shape index (κ3) is 4.16. The average Bonchev–Trinajstić information content (AvgIpc) is 2.37. The number of halogens is 1. The van der Waals surface area contributed by atoms with Crippen LogP contribution in [-0.4, -0.2) is 30.3 Å². The molecular weight excluding hydrogens is 235 g/mol. The van der Waals surface area contributed by atoms with Crippen LogP contribution in [0.25, 0.3) is 0 Å². The molecule has 0 saturated carbocycles. The monoisotopic (exact) mass is 252 g/mol. The van der Waals surface area contributed by atoms with Crippen LogP contribution in [0.4, 0.5) is 10.1 Å². The van der Waals surface area contributed by atoms with Crippen LogP contribution in [0.3, 0.4) is 0 Å². The highest BCUT2D eigenvalue weighted by atomic mass is 19.1. The maximum absolute atomic E-state index is 12.7. The second-order valence-electron chi connectivity index (χ2n) is 4.04. The van der Waals surface area contributed by atoms with Crippen LogP contribution in [0.2, 0.25) is 0 Å². The summed E-state index contributed by atoms with van der Waals surface area (Å²) in [7, 11) is 1.59. The molecule has 1 rings (SSSR count). The Morgan fingerprint density at radius 2 is 1.89 bits per heavy atom. The van der Waals surface area contributed by atoms with Crippen molar-refractivity contribution in [2.24, 2.45) is 0 Å². The number of likely N-dealkylation sites (N-methyl/N-ethyl adjacent to an activating group) is 1. The summed E-state index contributed by atoms with van der Waals surface area (Å²) in [6.45, 7) is 2.56. The van der Waals surface area contributed by atoms with Gasteiger partial charge in [0.05, 0.1) is 0 Å². The number of carbonyl (C=O) groups is 2. The molecule has 1 N–H and O–H groups in total. The third-order valence-electron chi connectivity index (χ3n) is 2.49. The van der Waals surface area contributed by atoms with Gasteiger partial charge in [-0.25, -0.2) is 4.39 Å². The van der Waals surface area contributed by atoms with Gasteiger partial charge < -0.3 is 10.2 Å². The van der Waals surface area contributed by atoms with Crippen molar-refractivity contribution in [2.45, 2.75) is 19.8 Å². The Bertz CT molecular complexity index is 418. The minimum absolute atomic E-state index is 0.389. The highest BCUT2D eigenvalue weighted by Gasteiger charge is 2.18. The summed E-state index contributed by atoms with van der Waals surface area (Å²) in [5.74, 6) is -1.69. The molecule has 0 fully saturated rings. The van der Waals surface area contributed by atoms with Crippen LogP contribution in [0.1, 0.15) is 19.8 Å². The lowest BCUT2D eigenvalue weighted by Gasteiger charge is -2.15. The standard InChI is InChI=1S/C13H17FN2O2/c1-3-4-9-16(2)13(18)12(17)15-11-7-5-10(14)6-8-11/h5-8H,3-4,9H2,1-2H3,(H,15,17). The van der Waals surface area contributed by atoms with Gasteiger partial charge in [-0.15, -0.1) is 0 Å². The first-order valence-corrected chi connectivity index (χ1v) is 5.86. The summed E-state index contributed by atoms with van der Waals surface area (Å²) < 4.78 is 12.7. The van der Waals surface area contributed by atoms with Crippen molar-refractivity contribution in [3.8, 4) is 0 Å². The Hall–Kier alpha value is -1.91. The van der Waals surface area contributed by atoms with Crippen LogP contribution in [0, 0.1) is 5.82 Å². The van der Waals surface area contributed by atoms with Gasteiger partial charge in [0, 0.05) is 19.3 Å². The molecule has 1 aromatic rings. The first-order valence-electron chi connectivity index (χ1n) is 5.86. The molecule has 0 heterocycles. The highest BCUT2D eigenvalue weighted by Crippen LogP contribution is 2.08. The van der Waals surface area contributed by atoms with Gasteiger partial charge in [0.25, 0.3) is 0 Å². The number of hydrogen-bond acceptors (Lipinski definition) is 2. The van der Waals surface area contributed by atoms with E-state index in [1.165, 1.54) is 29.2 Å². The largest absolute Gasteiger partial charge is 0.338 e. The van der Waals surface area contributed by atoms with E-state index in [1.807, 2.05) is 6.92 Å². The number of nitrogens with zero attached hydrogens (tertiary/aromatic N) is 1. The molecule has 0 saturated heterocycles. The summed E-state index contributed by atoms with van der Waals surface area (Å²) >= 11 is 0. The number of benzene rings is 1. The van der Waals surface area contributed by atoms with E-state index in [9.17, 15) is 14.0 Å². The summed E-state index contributed by atoms with van der Waals surface area (Å²) in [5, 5.41) is 2.43. The maximum Gasteiger partial charge on any atom is 0.313 e. The molecule has 0 radical (unpaired) electrons. The summed E-state index contributed by atoms with van der Waals surface area (Å²) in [5.41, 5.74) is 0.402. The molecule has 18 heavy (non-hydrogen) atoms. The number of nitrogens with one attached hydrogen (secondary N) is 1. The molecule has 0 aromatic heterocycles. The van der Waals surface area contributed by atoms with Crippen LogP contribution in [0.5, 0.6) is 0 Å². The first-order chi connectivity index (χ1) is 8.54. The Morgan fingerprint density at radius 3 is 2.44 bits per heavy atom. The van der Waals surface area contributed by atoms with Gasteiger partial charge in [-0.2, -0.15) is 0 Å². The predicted molar refractivity (Wildman–Crippen MR) is 67.6 cm³/mol. The van der Waals surface area contributed by atoms with Crippen LogP contribution < -0.4 is 5.32 Å². The quantitative estimate of drug-likeness (QED) is 0.833. The number of carbonyl (C=O) groups excluding carboxylic acids is 2. The van der Waals surface area contributed by atoms with Gasteiger partial charge in [0.1, 0.15) is 5.82 Å². The molecule has 0 aliphatic rings. The fourth-order valence-corrected chi connectivity index (χ4v) is 1.39. The fraction of sp³-hybridized carbons (Fsp3) is 0.385. The van der Waals surface area contributed by atoms with Gasteiger partial charge in [-0.1, -0.05) is 13.3 Å². The molecule has 0 unspecified atom stereocenters. The Labute approximate surface area is 106 Å². The zero-order valence-corrected chi connectivity index (χ0v) is 10.6. The third-order valence-corrected chi connectivity index (χ3v) is 2.49. The normalized spacial score (nSPS) is 9.94. The molecule has 1 aromatic carbocycles. The molecular formula is C13H17FN2O2. The zero-order chi connectivity index (χ0) is 13.5. The lowest BCUT2D eigenvalue weighted by molar-refractivity contribution is -0.142. The Kier molecular flexibility index (Phi) is 5.30. The minimum Gasteiger partial charge on any atom is -0.338 e. The number of unbranched alkanes of at least 4 members (excludes halogenated alkanes) is 1. The van der Waals surface area contributed by atoms with Crippen LogP contribution in [0.15, 0.2) is 24.3 Å². The van der Waals surface area contributed by atoms with E-state index in [4.69, 9.17) is 0 Å². The van der Waals surface area contributed by atoms with Gasteiger partial charge in [-0.3, -0.25) is 9.59 Å². The van der Waals surface area contributed by atoms with E-state index in [0.717, 1.165) is 12.8 Å². The van der Waals surface area contributed by atoms with Crippen molar-refractivity contribution < 1.29 is 14.0 Å². The van der Waals surface area contributed by atoms with Crippen molar-refractivity contribution in [3.05, 3.63) is 30.1 Å². The lowest BCUT2D eigenvalue weighted by atomic mass is 10.3. The van der Waals surface area contributed by atoms with Gasteiger partial charge in [0.15, 0.2) is 0 Å². The SMILES string of the molecule is CCCCN(C)C(=O)C(=O)Nc1ccc(F)cc1. The highest BCUT2D eigenvalue weighted by molar-refractivity contribution is 6.39. The van der Waals surface area contributed by atoms with Gasteiger partial charge >= 0.3 is 11.8 Å². The Balaban J connectivity index is 2.54. The number of rotatable bonds is 4. The average molecular weight is 252 g/mol. The van der Waals surface area contributed by atoms with Crippen LogP contribution >= 0.6 is 0 Å². The molecule has 0 aliphatic heterocycles. The smallest absolute Gasteiger partial charge is 0.313 e. The van der Waals surface area contributed by atoms with Crippen molar-refractivity contribution in [1.29, 1.82) is 0 Å². The molecule has 2 amide bonds. The minimum atomic E-state index is -0.708. The summed E-state index contributed by atoms with van der Waals surface area (Å²) in [6, 6.07) is 5.26. The van der Waals surface area contributed by atoms with Gasteiger partial charge in [-0.05, 0) is 30.7 Å². The lowest BCUT2D eigenvalue weighted by Crippen LogP contribution is -2.37. The first kappa shape index (κ1) is 14.2. The second kappa shape index (κ2) is 6.74. The second-order valence-corrected chi connectivity index (χ2v) is 4.04.